The molecule has 130 heavy (non-hydrogen) atoms. The van der Waals surface area contributed by atoms with Crippen molar-refractivity contribution in [2.45, 2.75) is 178 Å². The van der Waals surface area contributed by atoms with E-state index in [-0.39, 0.29) is 62.4 Å². The van der Waals surface area contributed by atoms with E-state index in [1.54, 1.807) is 156 Å². The highest BCUT2D eigenvalue weighted by molar-refractivity contribution is 8.00. The number of unbranched alkanes of at least 4 members (excludes halogenated alkanes) is 1. The molecule has 696 valence electrons. The summed E-state index contributed by atoms with van der Waals surface area (Å²) in [6.45, 7) is 7.86. The molecule has 7 aromatic rings. The van der Waals surface area contributed by atoms with Crippen LogP contribution >= 0.6 is 11.8 Å². The quantitative estimate of drug-likeness (QED) is 0.0438. The number of thioether (sulfide) groups is 1. The van der Waals surface area contributed by atoms with E-state index >= 15 is 43.2 Å². The minimum Gasteiger partial charge on any atom is -0.508 e. The van der Waals surface area contributed by atoms with Gasteiger partial charge in [0.2, 0.25) is 88.6 Å². The van der Waals surface area contributed by atoms with Gasteiger partial charge in [0.05, 0.1) is 31.8 Å². The summed E-state index contributed by atoms with van der Waals surface area (Å²) in [6.07, 6.45) is 0.202. The maximum absolute atomic E-state index is 15.6. The van der Waals surface area contributed by atoms with Crippen molar-refractivity contribution in [3.63, 3.8) is 0 Å². The lowest BCUT2D eigenvalue weighted by atomic mass is 9.91. The molecule has 1 aliphatic heterocycles. The van der Waals surface area contributed by atoms with Gasteiger partial charge < -0.3 is 98.4 Å². The topological polar surface area (TPSA) is 500 Å². The summed E-state index contributed by atoms with van der Waals surface area (Å²) in [5.74, 6) is -18.3. The number of carbonyl (C=O) groups excluding carboxylic acids is 15. The van der Waals surface area contributed by atoms with Gasteiger partial charge in [0.1, 0.15) is 78.0 Å². The average molecular weight is 1810 g/mol. The minimum absolute atomic E-state index is 0.0270. The number of aromatic hydroxyl groups is 2. The van der Waals surface area contributed by atoms with E-state index in [0.717, 1.165) is 26.5 Å². The number of aromatic amines is 1. The highest BCUT2D eigenvalue weighted by Crippen LogP contribution is 2.27. The van der Waals surface area contributed by atoms with Crippen LogP contribution in [0.2, 0.25) is 0 Å². The van der Waals surface area contributed by atoms with Gasteiger partial charge in [0.25, 0.3) is 0 Å². The Kier molecular flexibility index (Phi) is 38.4. The Balaban J connectivity index is 1.22. The summed E-state index contributed by atoms with van der Waals surface area (Å²) in [6, 6.07) is 27.3. The highest BCUT2D eigenvalue weighted by atomic mass is 32.2. The summed E-state index contributed by atoms with van der Waals surface area (Å²) in [7, 11) is 6.55. The van der Waals surface area contributed by atoms with Crippen LogP contribution in [0.3, 0.4) is 0 Å². The standard InChI is InChI=1S/C94H120N16O19S/c1-12-13-33-74-91(126)107(8)52-79(115)99-71(48-81(117)118)88(123)105-82(56(4)5)93(128)109(10)75(45-58-25-17-14-18-26-58)89(124)102-72(44-61-36-40-65(112)41-37-61)90(125)106(7)51-78(114)98-70(47-63-49-96-67-32-24-23-31-66(63)67)87(122)101-69(43-60-34-38-64(111)39-35-60)86(121)100-68(42-55(2)3)85(120)103-73(84(119)97-50-77(95)113)53-130-54-80(116)104-83(57(6)62-29-21-16-22-30-62)94(129)110(11)76(92(127)108(74)9)46-59-27-19-15-20-28-59/h14-32,34-41,49,55-57,68-76,82-83,96,111-112H,12-13,33,42-48,50-54H2,1-11H3,(H2,95,113)(H,97,119)(H,98,114)(H,99,115)(H,100,121)(H,101,122)(H,102,124)(H,103,120)(H,104,116)(H,105,123)(H,117,118)/t57?,68-,69-,70-,71-,72-,73-,74-,75?,76-,82-,83?/m0/s1. The monoisotopic (exact) mass is 1810 g/mol. The van der Waals surface area contributed by atoms with Gasteiger partial charge in [-0.3, -0.25) is 76.7 Å². The smallest absolute Gasteiger partial charge is 0.305 e. The second kappa shape index (κ2) is 49.0. The second-order valence-electron chi connectivity index (χ2n) is 33.5. The maximum atomic E-state index is 15.6. The fraction of sp³-hybridized carbons (Fsp3) is 0.426. The molecule has 0 radical (unpaired) electrons. The zero-order valence-electron chi connectivity index (χ0n) is 75.0. The van der Waals surface area contributed by atoms with Crippen LogP contribution in [0.1, 0.15) is 113 Å². The fourth-order valence-electron chi connectivity index (χ4n) is 15.2. The molecule has 15 N–H and O–H groups in total. The van der Waals surface area contributed by atoms with E-state index in [1.807, 2.05) is 6.92 Å². The number of carboxylic acids is 1. The van der Waals surface area contributed by atoms with Gasteiger partial charge in [-0.05, 0) is 88.4 Å². The number of H-pyrrole nitrogens is 1. The molecule has 15 amide bonds. The summed E-state index contributed by atoms with van der Waals surface area (Å²) >= 11 is 0.830. The van der Waals surface area contributed by atoms with Crippen LogP contribution in [0.25, 0.3) is 10.9 Å². The lowest BCUT2D eigenvalue weighted by Crippen LogP contribution is -2.61. The van der Waals surface area contributed by atoms with Crippen LogP contribution in [0.4, 0.5) is 0 Å². The van der Waals surface area contributed by atoms with Crippen molar-refractivity contribution in [1.29, 1.82) is 0 Å². The Bertz CT molecular complexity index is 5100. The predicted molar refractivity (Wildman–Crippen MR) is 487 cm³/mol. The van der Waals surface area contributed by atoms with Gasteiger partial charge in [0, 0.05) is 96.1 Å². The van der Waals surface area contributed by atoms with Gasteiger partial charge in [-0.1, -0.05) is 188 Å². The number of fused-ring (bicyclic) bond motifs is 1. The number of nitrogens with zero attached hydrogens (tertiary/aromatic N) is 5. The average Bonchev–Trinajstić information content (AvgIpc) is 1.39. The number of phenols is 2. The number of nitrogens with one attached hydrogen (secondary N) is 10. The number of primary amides is 1. The molecule has 0 aliphatic carbocycles. The van der Waals surface area contributed by atoms with E-state index < -0.39 is 210 Å². The van der Waals surface area contributed by atoms with Crippen molar-refractivity contribution in [3.8, 4) is 11.5 Å². The molecule has 35 nitrogen and oxygen atoms in total. The first-order chi connectivity index (χ1) is 61.8. The van der Waals surface area contributed by atoms with Crippen LogP contribution in [-0.2, 0) is 109 Å². The number of likely N-dealkylation sites (N-methyl/N-ethyl adjacent to an activating group) is 5. The Morgan fingerprint density at radius 3 is 1.49 bits per heavy atom. The van der Waals surface area contributed by atoms with Crippen molar-refractivity contribution in [1.82, 2.24) is 77.3 Å². The van der Waals surface area contributed by atoms with Crippen LogP contribution in [0, 0.1) is 11.8 Å². The number of aliphatic carboxylic acids is 1. The molecule has 1 aromatic heterocycles. The van der Waals surface area contributed by atoms with Crippen LogP contribution in [-0.4, -0.2) is 272 Å². The molecule has 36 heteroatoms. The van der Waals surface area contributed by atoms with Crippen LogP contribution in [0.15, 0.2) is 170 Å². The van der Waals surface area contributed by atoms with Gasteiger partial charge in [0.15, 0.2) is 0 Å². The van der Waals surface area contributed by atoms with Crippen molar-refractivity contribution >= 4 is 117 Å². The number of para-hydroxylation sites is 1. The van der Waals surface area contributed by atoms with Gasteiger partial charge in [-0.25, -0.2) is 0 Å². The number of carboxylic acid groups (broad SMARTS) is 1. The molecule has 3 unspecified atom stereocenters. The number of phenolic OH excluding ortho intramolecular Hbond substituents is 2. The van der Waals surface area contributed by atoms with Crippen molar-refractivity contribution in [2.75, 3.05) is 66.4 Å². The van der Waals surface area contributed by atoms with E-state index in [0.29, 0.717) is 57.1 Å². The molecule has 0 saturated carbocycles. The number of nitrogens with two attached hydrogens (primary N) is 1. The summed E-state index contributed by atoms with van der Waals surface area (Å²) in [5.41, 5.74) is 9.13. The zero-order valence-corrected chi connectivity index (χ0v) is 75.8. The number of carbonyl (C=O) groups is 16. The molecular formula is C94H120N16O19S. The Morgan fingerprint density at radius 1 is 0.469 bits per heavy atom. The first-order valence-electron chi connectivity index (χ1n) is 43.1. The molecular weight excluding hydrogens is 1690 g/mol. The van der Waals surface area contributed by atoms with E-state index in [4.69, 9.17) is 5.73 Å². The third-order valence-electron chi connectivity index (χ3n) is 22.6. The first kappa shape index (κ1) is 102. The molecule has 12 atom stereocenters. The lowest BCUT2D eigenvalue weighted by Gasteiger charge is -2.37. The fourth-order valence-corrected chi connectivity index (χ4v) is 16.1. The van der Waals surface area contributed by atoms with Crippen molar-refractivity contribution < 1.29 is 92.0 Å². The first-order valence-corrected chi connectivity index (χ1v) is 44.3. The molecule has 1 aliphatic rings. The minimum atomic E-state index is -1.91. The summed E-state index contributed by atoms with van der Waals surface area (Å²) < 4.78 is 0. The zero-order chi connectivity index (χ0) is 95.2. The number of amides is 15. The lowest BCUT2D eigenvalue weighted by molar-refractivity contribution is -0.151. The SMILES string of the molecule is CCCC[C@H]1C(=O)N(C)CC(=O)N[C@@H](CC(=O)O)C(=O)N[C@@H](C(C)C)C(=O)N(C)C(Cc2ccccc2)C(=O)N[C@@H](Cc2ccc(O)cc2)C(=O)N(C)CC(=O)N[C@@H](Cc2c[nH]c3ccccc23)C(=O)N[C@@H](Cc2ccc(O)cc2)C(=O)N[C@@H](CC(C)C)C(=O)N[C@H](C(=O)NCC(N)=O)CSCC(=O)NC(C(C)c2ccccc2)C(=O)N(C)[C@@H](Cc2ccccc2)C(=O)N1C. The van der Waals surface area contributed by atoms with E-state index in [1.165, 1.54) is 93.6 Å². The molecule has 1 fully saturated rings. The number of hydrogen-bond acceptors (Lipinski definition) is 19. The predicted octanol–water partition coefficient (Wildman–Crippen LogP) is 2.89. The largest absolute Gasteiger partial charge is 0.508 e. The number of aromatic nitrogens is 1. The van der Waals surface area contributed by atoms with Crippen molar-refractivity contribution in [3.05, 3.63) is 203 Å². The van der Waals surface area contributed by atoms with Gasteiger partial charge in [-0.2, -0.15) is 0 Å². The molecule has 0 spiro atoms. The third-order valence-corrected chi connectivity index (χ3v) is 23.6. The summed E-state index contributed by atoms with van der Waals surface area (Å²) in [4.78, 5) is 244. The Labute approximate surface area is 759 Å². The molecule has 6 aromatic carbocycles. The molecule has 1 saturated heterocycles. The number of rotatable bonds is 23. The normalized spacial score (nSPS) is 22.1. The van der Waals surface area contributed by atoms with Crippen LogP contribution in [0.5, 0.6) is 11.5 Å². The van der Waals surface area contributed by atoms with E-state index in [2.05, 4.69) is 52.8 Å². The Hall–Kier alpha value is -13.7. The number of hydrogen-bond donors (Lipinski definition) is 14. The Morgan fingerprint density at radius 2 is 0.938 bits per heavy atom. The number of benzene rings is 6. The van der Waals surface area contributed by atoms with Gasteiger partial charge >= 0.3 is 5.97 Å². The van der Waals surface area contributed by atoms with E-state index in [9.17, 15) is 48.9 Å². The van der Waals surface area contributed by atoms with Crippen molar-refractivity contribution in [2.24, 2.45) is 17.6 Å². The molecule has 2 heterocycles. The summed E-state index contributed by atoms with van der Waals surface area (Å²) in [5, 5.41) is 55.7. The van der Waals surface area contributed by atoms with Gasteiger partial charge in [-0.15, -0.1) is 11.8 Å². The third kappa shape index (κ3) is 30.0. The van der Waals surface area contributed by atoms with Crippen LogP contribution < -0.4 is 53.6 Å². The second-order valence-corrected chi connectivity index (χ2v) is 34.5. The maximum Gasteiger partial charge on any atom is 0.305 e. The highest BCUT2D eigenvalue weighted by Gasteiger charge is 2.43. The molecule has 8 rings (SSSR count). The molecule has 0 bridgehead atoms.